The number of ether oxygens (including phenoxy) is 2. The quantitative estimate of drug-likeness (QED) is 0.616. The average Bonchev–Trinajstić information content (AvgIpc) is 2.53. The highest BCUT2D eigenvalue weighted by Crippen LogP contribution is 2.46. The minimum Gasteiger partial charge on any atom is -0.469 e. The molecule has 1 aliphatic carbocycles. The molecule has 0 heterocycles. The van der Waals surface area contributed by atoms with Gasteiger partial charge in [0.15, 0.2) is 5.78 Å². The number of hydrogen-bond acceptors (Lipinski definition) is 6. The zero-order valence-electron chi connectivity index (χ0n) is 13.6. The second-order valence-electron chi connectivity index (χ2n) is 6.08. The lowest BCUT2D eigenvalue weighted by atomic mass is 9.62. The lowest BCUT2D eigenvalue weighted by Gasteiger charge is -2.43. The number of carbonyl (C=O) groups is 3. The molecule has 0 saturated heterocycles. The van der Waals surface area contributed by atoms with E-state index in [2.05, 4.69) is 15.9 Å². The fourth-order valence-corrected chi connectivity index (χ4v) is 3.62. The van der Waals surface area contributed by atoms with Gasteiger partial charge < -0.3 is 14.6 Å². The maximum Gasteiger partial charge on any atom is 0.316 e. The minimum atomic E-state index is -1.62. The Labute approximate surface area is 148 Å². The Hall–Kier alpha value is -1.73. The number of halogens is 1. The molecule has 0 radical (unpaired) electrons. The molecule has 4 atom stereocenters. The Morgan fingerprint density at radius 1 is 1.17 bits per heavy atom. The van der Waals surface area contributed by atoms with Gasteiger partial charge in [0, 0.05) is 16.8 Å². The summed E-state index contributed by atoms with van der Waals surface area (Å²) in [6, 6.07) is 6.89. The summed E-state index contributed by atoms with van der Waals surface area (Å²) >= 11 is 3.32. The van der Waals surface area contributed by atoms with Gasteiger partial charge in [0.05, 0.1) is 25.7 Å². The van der Waals surface area contributed by atoms with E-state index in [1.54, 1.807) is 24.3 Å². The Morgan fingerprint density at radius 3 is 2.21 bits per heavy atom. The smallest absolute Gasteiger partial charge is 0.316 e. The number of hydrogen-bond donors (Lipinski definition) is 1. The van der Waals surface area contributed by atoms with Gasteiger partial charge in [-0.25, -0.2) is 0 Å². The molecule has 0 spiro atoms. The van der Waals surface area contributed by atoms with Crippen LogP contribution in [0, 0.1) is 11.8 Å². The Bertz CT molecular complexity index is 652. The van der Waals surface area contributed by atoms with Gasteiger partial charge in [-0.15, -0.1) is 0 Å². The second-order valence-corrected chi connectivity index (χ2v) is 6.99. The van der Waals surface area contributed by atoms with Crippen LogP contribution in [0.3, 0.4) is 0 Å². The number of Topliss-reactive ketones (excluding diaryl/α,β-unsaturated/α-hetero) is 1. The molecule has 6 nitrogen and oxygen atoms in total. The molecule has 1 fully saturated rings. The highest BCUT2D eigenvalue weighted by molar-refractivity contribution is 9.10. The largest absolute Gasteiger partial charge is 0.469 e. The molecule has 7 heteroatoms. The van der Waals surface area contributed by atoms with Gasteiger partial charge in [0.2, 0.25) is 0 Å². The SMILES string of the molecule is COC(=O)[C@H]1C(=O)C[C@](C)(O)[C@@H](C(=O)OC)[C@@H]1c1ccc(Br)cc1. The zero-order valence-corrected chi connectivity index (χ0v) is 15.2. The zero-order chi connectivity index (χ0) is 18.1. The van der Waals surface area contributed by atoms with Crippen molar-refractivity contribution in [3.05, 3.63) is 34.3 Å². The van der Waals surface area contributed by atoms with Gasteiger partial charge in [-0.05, 0) is 24.6 Å². The van der Waals surface area contributed by atoms with Crippen LogP contribution in [-0.4, -0.2) is 42.6 Å². The molecule has 1 N–H and O–H groups in total. The monoisotopic (exact) mass is 398 g/mol. The van der Waals surface area contributed by atoms with E-state index in [1.807, 2.05) is 0 Å². The van der Waals surface area contributed by atoms with E-state index in [9.17, 15) is 19.5 Å². The van der Waals surface area contributed by atoms with Crippen molar-refractivity contribution in [2.75, 3.05) is 14.2 Å². The van der Waals surface area contributed by atoms with Crippen LogP contribution in [0.1, 0.15) is 24.8 Å². The third-order valence-corrected chi connectivity index (χ3v) is 4.96. The molecule has 1 aromatic rings. The molecule has 0 aliphatic heterocycles. The van der Waals surface area contributed by atoms with Crippen molar-refractivity contribution in [3.63, 3.8) is 0 Å². The topological polar surface area (TPSA) is 89.9 Å². The lowest BCUT2D eigenvalue weighted by Crippen LogP contribution is -2.55. The minimum absolute atomic E-state index is 0.320. The molecule has 0 amide bonds. The third-order valence-electron chi connectivity index (χ3n) is 4.43. The Morgan fingerprint density at radius 2 is 1.71 bits per heavy atom. The molecule has 1 saturated carbocycles. The summed E-state index contributed by atoms with van der Waals surface area (Å²) in [4.78, 5) is 37.0. The van der Waals surface area contributed by atoms with Crippen molar-refractivity contribution in [3.8, 4) is 0 Å². The predicted octanol–water partition coefficient (Wildman–Crippen LogP) is 1.83. The molecule has 0 bridgehead atoms. The summed E-state index contributed by atoms with van der Waals surface area (Å²) in [5.41, 5.74) is -1.04. The van der Waals surface area contributed by atoms with Gasteiger partial charge >= 0.3 is 11.9 Å². The molecular weight excluding hydrogens is 380 g/mol. The number of benzene rings is 1. The number of aliphatic hydroxyl groups is 1. The predicted molar refractivity (Wildman–Crippen MR) is 88.1 cm³/mol. The summed E-state index contributed by atoms with van der Waals surface area (Å²) in [6.45, 7) is 1.41. The normalized spacial score (nSPS) is 29.9. The molecule has 130 valence electrons. The van der Waals surface area contributed by atoms with E-state index in [-0.39, 0.29) is 6.42 Å². The van der Waals surface area contributed by atoms with Gasteiger partial charge in [-0.1, -0.05) is 28.1 Å². The van der Waals surface area contributed by atoms with Crippen molar-refractivity contribution in [1.29, 1.82) is 0 Å². The molecule has 0 unspecified atom stereocenters. The van der Waals surface area contributed by atoms with Crippen LogP contribution in [0.25, 0.3) is 0 Å². The number of methoxy groups -OCH3 is 2. The van der Waals surface area contributed by atoms with Crippen LogP contribution in [0.5, 0.6) is 0 Å². The van der Waals surface area contributed by atoms with E-state index in [0.717, 1.165) is 4.47 Å². The molecular formula is C17H19BrO6. The van der Waals surface area contributed by atoms with E-state index in [1.165, 1.54) is 21.1 Å². The number of carbonyl (C=O) groups excluding carboxylic acids is 3. The Kier molecular flexibility index (Phi) is 5.45. The van der Waals surface area contributed by atoms with Gasteiger partial charge in [0.1, 0.15) is 5.92 Å². The van der Waals surface area contributed by atoms with Crippen LogP contribution in [0.15, 0.2) is 28.7 Å². The van der Waals surface area contributed by atoms with Crippen LogP contribution in [0.2, 0.25) is 0 Å². The first-order valence-corrected chi connectivity index (χ1v) is 8.18. The number of rotatable bonds is 3. The lowest BCUT2D eigenvalue weighted by molar-refractivity contribution is -0.170. The summed E-state index contributed by atoms with van der Waals surface area (Å²) in [7, 11) is 2.40. The summed E-state index contributed by atoms with van der Waals surface area (Å²) in [5, 5.41) is 10.7. The maximum absolute atomic E-state index is 12.5. The van der Waals surface area contributed by atoms with Gasteiger partial charge in [0.25, 0.3) is 0 Å². The van der Waals surface area contributed by atoms with Gasteiger partial charge in [-0.2, -0.15) is 0 Å². The maximum atomic E-state index is 12.5. The standard InChI is InChI=1S/C17H19BrO6/c1-17(22)8-11(19)13(15(20)23-2)12(14(17)16(21)24-3)9-4-6-10(18)7-5-9/h4-7,12-14,22H,8H2,1-3H3/t12-,13+,14-,17+/m1/s1. The van der Waals surface area contributed by atoms with Crippen molar-refractivity contribution in [1.82, 2.24) is 0 Å². The van der Waals surface area contributed by atoms with Crippen molar-refractivity contribution < 1.29 is 29.0 Å². The van der Waals surface area contributed by atoms with E-state index in [4.69, 9.17) is 9.47 Å². The van der Waals surface area contributed by atoms with Crippen molar-refractivity contribution in [2.24, 2.45) is 11.8 Å². The van der Waals surface area contributed by atoms with Crippen LogP contribution in [-0.2, 0) is 23.9 Å². The first-order valence-electron chi connectivity index (χ1n) is 7.39. The fourth-order valence-electron chi connectivity index (χ4n) is 3.35. The molecule has 0 aromatic heterocycles. The second kappa shape index (κ2) is 7.03. The molecule has 1 aromatic carbocycles. The highest BCUT2D eigenvalue weighted by Gasteiger charge is 2.56. The first-order chi connectivity index (χ1) is 11.2. The average molecular weight is 399 g/mol. The van der Waals surface area contributed by atoms with E-state index < -0.39 is 41.1 Å². The summed E-state index contributed by atoms with van der Waals surface area (Å²) < 4.78 is 10.4. The van der Waals surface area contributed by atoms with E-state index >= 15 is 0 Å². The Balaban J connectivity index is 2.63. The van der Waals surface area contributed by atoms with Gasteiger partial charge in [-0.3, -0.25) is 14.4 Å². The third kappa shape index (κ3) is 3.37. The molecule has 24 heavy (non-hydrogen) atoms. The fraction of sp³-hybridized carbons (Fsp3) is 0.471. The summed E-state index contributed by atoms with van der Waals surface area (Å²) in [6.07, 6.45) is -0.320. The first kappa shape index (κ1) is 18.6. The van der Waals surface area contributed by atoms with Crippen LogP contribution < -0.4 is 0 Å². The summed E-state index contributed by atoms with van der Waals surface area (Å²) in [5.74, 6) is -4.95. The highest BCUT2D eigenvalue weighted by atomic mass is 79.9. The van der Waals surface area contributed by atoms with Crippen molar-refractivity contribution in [2.45, 2.75) is 24.9 Å². The van der Waals surface area contributed by atoms with Crippen LogP contribution >= 0.6 is 15.9 Å². The van der Waals surface area contributed by atoms with Crippen LogP contribution in [0.4, 0.5) is 0 Å². The number of ketones is 1. The number of esters is 2. The van der Waals surface area contributed by atoms with Crippen molar-refractivity contribution >= 4 is 33.7 Å². The molecule has 2 rings (SSSR count). The van der Waals surface area contributed by atoms with E-state index in [0.29, 0.717) is 5.56 Å². The molecule has 1 aliphatic rings.